The molecule has 1 aromatic heterocycles. The number of benzene rings is 1. The number of carbonyl (C=O) groups excluding carboxylic acids is 1. The van der Waals surface area contributed by atoms with Crippen LogP contribution in [0.5, 0.6) is 0 Å². The Morgan fingerprint density at radius 1 is 1.40 bits per heavy atom. The van der Waals surface area contributed by atoms with Gasteiger partial charge in [0.1, 0.15) is 10.6 Å². The van der Waals surface area contributed by atoms with E-state index in [2.05, 4.69) is 0 Å². The predicted octanol–water partition coefficient (Wildman–Crippen LogP) is 2.57. The molecular formula is C11H7ClO3. The first-order valence-electron chi connectivity index (χ1n) is 4.31. The van der Waals surface area contributed by atoms with Gasteiger partial charge in [-0.2, -0.15) is 0 Å². The molecular weight excluding hydrogens is 216 g/mol. The minimum absolute atomic E-state index is 0.127. The molecule has 0 fully saturated rings. The Kier molecular flexibility index (Phi) is 2.32. The van der Waals surface area contributed by atoms with Crippen LogP contribution in [0.2, 0.25) is 5.02 Å². The Morgan fingerprint density at radius 3 is 2.80 bits per heavy atom. The summed E-state index contributed by atoms with van der Waals surface area (Å²) in [5.74, 6) is -0.127. The summed E-state index contributed by atoms with van der Waals surface area (Å²) in [5.41, 5.74) is 0.936. The van der Waals surface area contributed by atoms with Gasteiger partial charge in [0.2, 0.25) is 5.43 Å². The van der Waals surface area contributed by atoms with Crippen LogP contribution in [0.15, 0.2) is 27.4 Å². The maximum atomic E-state index is 11.7. The van der Waals surface area contributed by atoms with E-state index in [0.29, 0.717) is 17.3 Å². The minimum atomic E-state index is -0.372. The molecule has 0 aliphatic heterocycles. The van der Waals surface area contributed by atoms with Gasteiger partial charge in [-0.25, -0.2) is 0 Å². The molecule has 0 spiro atoms. The second-order valence-electron chi connectivity index (χ2n) is 3.23. The van der Waals surface area contributed by atoms with Gasteiger partial charge in [0, 0.05) is 0 Å². The van der Waals surface area contributed by atoms with Crippen molar-refractivity contribution in [2.24, 2.45) is 0 Å². The van der Waals surface area contributed by atoms with Crippen LogP contribution < -0.4 is 5.43 Å². The Morgan fingerprint density at radius 2 is 2.13 bits per heavy atom. The van der Waals surface area contributed by atoms with Crippen molar-refractivity contribution in [3.8, 4) is 0 Å². The van der Waals surface area contributed by atoms with Gasteiger partial charge >= 0.3 is 0 Å². The van der Waals surface area contributed by atoms with Gasteiger partial charge in [-0.3, -0.25) is 9.59 Å². The van der Waals surface area contributed by atoms with E-state index in [1.807, 2.05) is 6.92 Å². The molecule has 0 bridgehead atoms. The van der Waals surface area contributed by atoms with Crippen molar-refractivity contribution in [3.63, 3.8) is 0 Å². The SMILES string of the molecule is Cc1ccc2oc(C=O)c(Cl)c(=O)c2c1. The number of aryl methyl sites for hydroxylation is 1. The van der Waals surface area contributed by atoms with Crippen LogP contribution in [0.4, 0.5) is 0 Å². The summed E-state index contributed by atoms with van der Waals surface area (Å²) in [4.78, 5) is 22.3. The second kappa shape index (κ2) is 3.51. The van der Waals surface area contributed by atoms with Crippen molar-refractivity contribution >= 4 is 28.9 Å². The van der Waals surface area contributed by atoms with Gasteiger partial charge in [0.15, 0.2) is 12.0 Å². The van der Waals surface area contributed by atoms with E-state index in [4.69, 9.17) is 16.0 Å². The zero-order valence-corrected chi connectivity index (χ0v) is 8.67. The smallest absolute Gasteiger partial charge is 0.212 e. The molecule has 0 aliphatic rings. The molecule has 4 heteroatoms. The summed E-state index contributed by atoms with van der Waals surface area (Å²) >= 11 is 5.69. The van der Waals surface area contributed by atoms with Crippen LogP contribution in [0.3, 0.4) is 0 Å². The van der Waals surface area contributed by atoms with Gasteiger partial charge in [0.05, 0.1) is 5.39 Å². The molecule has 0 aliphatic carbocycles. The number of aldehydes is 1. The van der Waals surface area contributed by atoms with Crippen LogP contribution in [0.25, 0.3) is 11.0 Å². The van der Waals surface area contributed by atoms with Crippen molar-refractivity contribution in [1.29, 1.82) is 0 Å². The second-order valence-corrected chi connectivity index (χ2v) is 3.60. The van der Waals surface area contributed by atoms with E-state index in [-0.39, 0.29) is 16.2 Å². The molecule has 76 valence electrons. The van der Waals surface area contributed by atoms with Crippen LogP contribution in [-0.4, -0.2) is 6.29 Å². The van der Waals surface area contributed by atoms with E-state index in [1.54, 1.807) is 18.2 Å². The highest BCUT2D eigenvalue weighted by atomic mass is 35.5. The third kappa shape index (κ3) is 1.55. The van der Waals surface area contributed by atoms with E-state index >= 15 is 0 Å². The molecule has 0 amide bonds. The van der Waals surface area contributed by atoms with Gasteiger partial charge in [0.25, 0.3) is 0 Å². The van der Waals surface area contributed by atoms with Crippen LogP contribution >= 0.6 is 11.6 Å². The summed E-state index contributed by atoms with van der Waals surface area (Å²) in [6.45, 7) is 1.86. The van der Waals surface area contributed by atoms with Crippen molar-refractivity contribution in [2.45, 2.75) is 6.92 Å². The molecule has 0 unspecified atom stereocenters. The first-order valence-corrected chi connectivity index (χ1v) is 4.69. The molecule has 1 aromatic carbocycles. The molecule has 2 rings (SSSR count). The lowest BCUT2D eigenvalue weighted by molar-refractivity contribution is 0.110. The summed E-state index contributed by atoms with van der Waals surface area (Å²) in [5, 5.41) is 0.230. The lowest BCUT2D eigenvalue weighted by Crippen LogP contribution is -2.05. The summed E-state index contributed by atoms with van der Waals surface area (Å²) in [6, 6.07) is 5.13. The van der Waals surface area contributed by atoms with Crippen molar-refractivity contribution in [1.82, 2.24) is 0 Å². The quantitative estimate of drug-likeness (QED) is 0.697. The normalized spacial score (nSPS) is 10.5. The Balaban J connectivity index is 2.97. The maximum absolute atomic E-state index is 11.7. The average molecular weight is 223 g/mol. The monoisotopic (exact) mass is 222 g/mol. The number of fused-ring (bicyclic) bond motifs is 1. The first kappa shape index (κ1) is 9.93. The molecule has 0 atom stereocenters. The Hall–Kier alpha value is -1.61. The predicted molar refractivity (Wildman–Crippen MR) is 57.6 cm³/mol. The van der Waals surface area contributed by atoms with E-state index in [1.165, 1.54) is 0 Å². The number of carbonyl (C=O) groups is 1. The standard InChI is InChI=1S/C11H7ClO3/c1-6-2-3-8-7(4-6)11(14)10(12)9(5-13)15-8/h2-5H,1H3. The van der Waals surface area contributed by atoms with E-state index in [9.17, 15) is 9.59 Å². The van der Waals surface area contributed by atoms with Crippen molar-refractivity contribution < 1.29 is 9.21 Å². The number of rotatable bonds is 1. The highest BCUT2D eigenvalue weighted by Crippen LogP contribution is 2.18. The molecule has 15 heavy (non-hydrogen) atoms. The highest BCUT2D eigenvalue weighted by molar-refractivity contribution is 6.33. The maximum Gasteiger partial charge on any atom is 0.212 e. The summed E-state index contributed by atoms with van der Waals surface area (Å²) in [6.07, 6.45) is 0.434. The zero-order chi connectivity index (χ0) is 11.0. The van der Waals surface area contributed by atoms with Crippen molar-refractivity contribution in [2.75, 3.05) is 0 Å². The lowest BCUT2D eigenvalue weighted by atomic mass is 10.1. The molecule has 0 N–H and O–H groups in total. The topological polar surface area (TPSA) is 47.3 Å². The van der Waals surface area contributed by atoms with E-state index < -0.39 is 0 Å². The fraction of sp³-hybridized carbons (Fsp3) is 0.0909. The van der Waals surface area contributed by atoms with Gasteiger partial charge in [-0.1, -0.05) is 23.2 Å². The fourth-order valence-corrected chi connectivity index (χ4v) is 1.56. The van der Waals surface area contributed by atoms with Gasteiger partial charge in [-0.05, 0) is 19.1 Å². The molecule has 0 saturated heterocycles. The fourth-order valence-electron chi connectivity index (χ4n) is 1.38. The lowest BCUT2D eigenvalue weighted by Gasteiger charge is -2.00. The molecule has 1 heterocycles. The third-order valence-electron chi connectivity index (χ3n) is 2.12. The minimum Gasteiger partial charge on any atom is -0.451 e. The van der Waals surface area contributed by atoms with E-state index in [0.717, 1.165) is 5.56 Å². The first-order chi connectivity index (χ1) is 7.13. The number of hydrogen-bond acceptors (Lipinski definition) is 3. The van der Waals surface area contributed by atoms with Crippen molar-refractivity contribution in [3.05, 3.63) is 44.8 Å². The van der Waals surface area contributed by atoms with Gasteiger partial charge < -0.3 is 4.42 Å². The average Bonchev–Trinajstić information content (AvgIpc) is 2.24. The van der Waals surface area contributed by atoms with Crippen LogP contribution in [0, 0.1) is 6.92 Å². The third-order valence-corrected chi connectivity index (χ3v) is 2.48. The summed E-state index contributed by atoms with van der Waals surface area (Å²) < 4.78 is 5.18. The Bertz CT molecular complexity index is 599. The highest BCUT2D eigenvalue weighted by Gasteiger charge is 2.11. The van der Waals surface area contributed by atoms with Crippen LogP contribution in [0.1, 0.15) is 16.1 Å². The zero-order valence-electron chi connectivity index (χ0n) is 7.91. The van der Waals surface area contributed by atoms with Crippen LogP contribution in [-0.2, 0) is 0 Å². The number of hydrogen-bond donors (Lipinski definition) is 0. The molecule has 0 saturated carbocycles. The molecule has 0 radical (unpaired) electrons. The molecule has 3 nitrogen and oxygen atoms in total. The Labute approximate surface area is 90.3 Å². The molecule has 2 aromatic rings. The van der Waals surface area contributed by atoms with Gasteiger partial charge in [-0.15, -0.1) is 0 Å². The largest absolute Gasteiger partial charge is 0.451 e. The summed E-state index contributed by atoms with van der Waals surface area (Å²) in [7, 11) is 0. The number of halogens is 1.